The van der Waals surface area contributed by atoms with E-state index in [4.69, 9.17) is 9.47 Å². The lowest BCUT2D eigenvalue weighted by molar-refractivity contribution is 0.305. The molecule has 0 bridgehead atoms. The monoisotopic (exact) mass is 382 g/mol. The third-order valence-corrected chi connectivity index (χ3v) is 5.24. The maximum Gasteiger partial charge on any atom is 0.272 e. The lowest BCUT2D eigenvalue weighted by Gasteiger charge is -2.17. The Balaban J connectivity index is 1.48. The number of methoxy groups -OCH3 is 1. The summed E-state index contributed by atoms with van der Waals surface area (Å²) in [6.45, 7) is 7.24. The van der Waals surface area contributed by atoms with Crippen LogP contribution in [-0.2, 0) is 6.54 Å². The first-order valence-corrected chi connectivity index (χ1v) is 9.68. The molecule has 0 spiro atoms. The van der Waals surface area contributed by atoms with Gasteiger partial charge >= 0.3 is 0 Å². The van der Waals surface area contributed by atoms with E-state index < -0.39 is 0 Å². The average Bonchev–Trinajstić information content (AvgIpc) is 3.29. The Bertz CT molecular complexity index is 1040. The molecule has 2 aromatic heterocycles. The van der Waals surface area contributed by atoms with E-state index in [1.54, 1.807) is 13.2 Å². The fourth-order valence-electron chi connectivity index (χ4n) is 3.91. The molecule has 1 aliphatic heterocycles. The van der Waals surface area contributed by atoms with Gasteiger partial charge in [0.1, 0.15) is 0 Å². The molecular formula is C21H26N4O3. The molecule has 1 unspecified atom stereocenters. The number of hydrogen-bond acceptors (Lipinski definition) is 5. The number of likely N-dealkylation sites (tertiary alicyclic amines) is 1. The molecule has 0 aliphatic carbocycles. The summed E-state index contributed by atoms with van der Waals surface area (Å²) in [6.07, 6.45) is 1.05. The predicted molar refractivity (Wildman–Crippen MR) is 107 cm³/mol. The van der Waals surface area contributed by atoms with Crippen LogP contribution < -0.4 is 15.0 Å². The lowest BCUT2D eigenvalue weighted by Crippen LogP contribution is -2.20. The third-order valence-electron chi connectivity index (χ3n) is 5.24. The Labute approximate surface area is 163 Å². The van der Waals surface area contributed by atoms with E-state index in [1.165, 1.54) is 10.1 Å². The van der Waals surface area contributed by atoms with Gasteiger partial charge in [-0.1, -0.05) is 6.07 Å². The molecule has 1 atom stereocenters. The van der Waals surface area contributed by atoms with Crippen molar-refractivity contribution in [2.24, 2.45) is 0 Å². The predicted octanol–water partition coefficient (Wildman–Crippen LogP) is 2.73. The SMILES string of the molecule is CCOc1cc(CN2CCC(c3cc4nc(C)cc(=O)n4[nH]3)C2)ccc1OC. The summed E-state index contributed by atoms with van der Waals surface area (Å²) in [5, 5.41) is 3.24. The number of rotatable bonds is 6. The van der Waals surface area contributed by atoms with Crippen molar-refractivity contribution in [2.75, 3.05) is 26.8 Å². The van der Waals surface area contributed by atoms with Crippen LogP contribution in [0.5, 0.6) is 11.5 Å². The fraction of sp³-hybridized carbons (Fsp3) is 0.429. The number of nitrogens with zero attached hydrogens (tertiary/aromatic N) is 3. The number of ether oxygens (including phenoxy) is 2. The van der Waals surface area contributed by atoms with Gasteiger partial charge < -0.3 is 9.47 Å². The summed E-state index contributed by atoms with van der Waals surface area (Å²) in [7, 11) is 1.66. The number of hydrogen-bond donors (Lipinski definition) is 1. The molecule has 0 saturated carbocycles. The number of benzene rings is 1. The smallest absolute Gasteiger partial charge is 0.272 e. The van der Waals surface area contributed by atoms with Crippen LogP contribution in [0.1, 0.15) is 36.2 Å². The molecule has 1 aromatic carbocycles. The lowest BCUT2D eigenvalue weighted by atomic mass is 10.1. The van der Waals surface area contributed by atoms with Crippen LogP contribution in [-0.4, -0.2) is 46.3 Å². The van der Waals surface area contributed by atoms with Crippen molar-refractivity contribution in [3.05, 3.63) is 57.6 Å². The molecule has 7 nitrogen and oxygen atoms in total. The zero-order valence-corrected chi connectivity index (χ0v) is 16.6. The molecule has 7 heteroatoms. The van der Waals surface area contributed by atoms with Gasteiger partial charge in [-0.15, -0.1) is 0 Å². The van der Waals surface area contributed by atoms with Crippen molar-refractivity contribution in [3.63, 3.8) is 0 Å². The van der Waals surface area contributed by atoms with Gasteiger partial charge in [0, 0.05) is 42.5 Å². The van der Waals surface area contributed by atoms with Crippen LogP contribution in [0.25, 0.3) is 5.65 Å². The normalized spacial score (nSPS) is 17.3. The van der Waals surface area contributed by atoms with Gasteiger partial charge in [0.15, 0.2) is 17.1 Å². The molecule has 4 rings (SSSR count). The molecule has 1 N–H and O–H groups in total. The summed E-state index contributed by atoms with van der Waals surface area (Å²) in [5.41, 5.74) is 3.64. The van der Waals surface area contributed by atoms with Gasteiger partial charge in [-0.25, -0.2) is 9.50 Å². The summed E-state index contributed by atoms with van der Waals surface area (Å²) in [6, 6.07) is 9.66. The second-order valence-electron chi connectivity index (χ2n) is 7.28. The van der Waals surface area contributed by atoms with Crippen molar-refractivity contribution in [2.45, 2.75) is 32.7 Å². The first kappa shape index (κ1) is 18.6. The summed E-state index contributed by atoms with van der Waals surface area (Å²) < 4.78 is 12.6. The third kappa shape index (κ3) is 3.62. The molecule has 1 fully saturated rings. The van der Waals surface area contributed by atoms with Crippen LogP contribution in [0.3, 0.4) is 0 Å². The summed E-state index contributed by atoms with van der Waals surface area (Å²) >= 11 is 0. The highest BCUT2D eigenvalue weighted by Crippen LogP contribution is 2.31. The van der Waals surface area contributed by atoms with Gasteiger partial charge in [0.05, 0.1) is 13.7 Å². The largest absolute Gasteiger partial charge is 0.493 e. The van der Waals surface area contributed by atoms with E-state index in [-0.39, 0.29) is 5.56 Å². The minimum Gasteiger partial charge on any atom is -0.493 e. The number of aryl methyl sites for hydroxylation is 1. The van der Waals surface area contributed by atoms with Gasteiger partial charge in [-0.3, -0.25) is 14.8 Å². The van der Waals surface area contributed by atoms with Gasteiger partial charge in [0.25, 0.3) is 5.56 Å². The van der Waals surface area contributed by atoms with E-state index >= 15 is 0 Å². The number of fused-ring (bicyclic) bond motifs is 1. The minimum atomic E-state index is -0.0645. The molecule has 1 aliphatic rings. The van der Waals surface area contributed by atoms with Crippen molar-refractivity contribution >= 4 is 5.65 Å². The van der Waals surface area contributed by atoms with Gasteiger partial charge in [0.2, 0.25) is 0 Å². The number of aromatic amines is 1. The molecule has 28 heavy (non-hydrogen) atoms. The molecule has 3 heterocycles. The van der Waals surface area contributed by atoms with Crippen LogP contribution >= 0.6 is 0 Å². The van der Waals surface area contributed by atoms with E-state index in [9.17, 15) is 4.79 Å². The quantitative estimate of drug-likeness (QED) is 0.710. The highest BCUT2D eigenvalue weighted by Gasteiger charge is 2.26. The van der Waals surface area contributed by atoms with Gasteiger partial charge in [-0.05, 0) is 44.5 Å². The Morgan fingerprint density at radius 1 is 1.25 bits per heavy atom. The van der Waals surface area contributed by atoms with Crippen molar-refractivity contribution in [1.29, 1.82) is 0 Å². The van der Waals surface area contributed by atoms with Crippen molar-refractivity contribution in [3.8, 4) is 11.5 Å². The Morgan fingerprint density at radius 3 is 2.89 bits per heavy atom. The standard InChI is InChI=1S/C21H26N4O3/c1-4-28-19-10-15(5-6-18(19)27-3)12-24-8-7-16(13-24)17-11-20-22-14(2)9-21(26)25(20)23-17/h5-6,9-11,16,23H,4,7-8,12-13H2,1-3H3. The topological polar surface area (TPSA) is 71.9 Å². The highest BCUT2D eigenvalue weighted by atomic mass is 16.5. The highest BCUT2D eigenvalue weighted by molar-refractivity contribution is 5.43. The van der Waals surface area contributed by atoms with E-state index in [0.29, 0.717) is 18.2 Å². The second-order valence-corrected chi connectivity index (χ2v) is 7.28. The van der Waals surface area contributed by atoms with E-state index in [2.05, 4.69) is 27.1 Å². The van der Waals surface area contributed by atoms with E-state index in [0.717, 1.165) is 48.9 Å². The maximum atomic E-state index is 12.1. The molecule has 3 aromatic rings. The summed E-state index contributed by atoms with van der Waals surface area (Å²) in [5.74, 6) is 1.91. The Kier molecular flexibility index (Phi) is 5.09. The molecular weight excluding hydrogens is 356 g/mol. The van der Waals surface area contributed by atoms with E-state index in [1.807, 2.05) is 26.0 Å². The number of nitrogens with one attached hydrogen (secondary N) is 1. The minimum absolute atomic E-state index is 0.0645. The summed E-state index contributed by atoms with van der Waals surface area (Å²) in [4.78, 5) is 19.0. The van der Waals surface area contributed by atoms with Crippen LogP contribution in [0.4, 0.5) is 0 Å². The average molecular weight is 382 g/mol. The molecule has 0 amide bonds. The van der Waals surface area contributed by atoms with Crippen molar-refractivity contribution < 1.29 is 9.47 Å². The Hall–Kier alpha value is -2.80. The zero-order valence-electron chi connectivity index (χ0n) is 16.6. The first-order valence-electron chi connectivity index (χ1n) is 9.68. The number of aromatic nitrogens is 3. The van der Waals surface area contributed by atoms with Crippen LogP contribution in [0, 0.1) is 6.92 Å². The molecule has 0 radical (unpaired) electrons. The Morgan fingerprint density at radius 2 is 2.11 bits per heavy atom. The van der Waals surface area contributed by atoms with Crippen LogP contribution in [0.2, 0.25) is 0 Å². The second kappa shape index (κ2) is 7.67. The fourth-order valence-corrected chi connectivity index (χ4v) is 3.91. The molecule has 1 saturated heterocycles. The van der Waals surface area contributed by atoms with Crippen molar-refractivity contribution in [1.82, 2.24) is 19.5 Å². The first-order chi connectivity index (χ1) is 13.6. The zero-order chi connectivity index (χ0) is 19.7. The van der Waals surface area contributed by atoms with Gasteiger partial charge in [-0.2, -0.15) is 0 Å². The number of H-pyrrole nitrogens is 1. The molecule has 148 valence electrons. The van der Waals surface area contributed by atoms with Crippen LogP contribution in [0.15, 0.2) is 35.1 Å². The maximum absolute atomic E-state index is 12.1.